The van der Waals surface area contributed by atoms with E-state index in [9.17, 15) is 0 Å². The summed E-state index contributed by atoms with van der Waals surface area (Å²) in [5, 5.41) is 0. The van der Waals surface area contributed by atoms with Crippen molar-refractivity contribution in [1.29, 1.82) is 0 Å². The Hall–Kier alpha value is -8.55. The van der Waals surface area contributed by atoms with Crippen LogP contribution in [0.5, 0.6) is 17.2 Å². The van der Waals surface area contributed by atoms with Gasteiger partial charge >= 0.3 is 0 Å². The number of rotatable bonds is 3. The van der Waals surface area contributed by atoms with Crippen molar-refractivity contribution in [2.24, 2.45) is 0 Å². The Bertz CT molecular complexity index is 2640. The van der Waals surface area contributed by atoms with Gasteiger partial charge < -0.3 is 14.2 Å². The molecule has 7 aromatic heterocycles. The van der Waals surface area contributed by atoms with Crippen LogP contribution in [0.4, 0.5) is 0 Å². The zero-order chi connectivity index (χ0) is 44.6. The molecule has 63 heavy (non-hydrogen) atoms. The topological polar surface area (TPSA) is 144 Å². The van der Waals surface area contributed by atoms with Crippen molar-refractivity contribution in [2.45, 2.75) is 79.1 Å². The summed E-state index contributed by atoms with van der Waals surface area (Å²) in [4.78, 5) is 40.8. The summed E-state index contributed by atoms with van der Waals surface area (Å²) < 4.78 is 18.6. The molecule has 0 N–H and O–H groups in total. The molecule has 0 unspecified atom stereocenters. The molecular weight excluding hydrogens is 787 g/mol. The summed E-state index contributed by atoms with van der Waals surface area (Å²) in [5.74, 6) is 1.62. The highest BCUT2D eigenvalue weighted by molar-refractivity contribution is 5.62. The second-order valence-electron chi connectivity index (χ2n) is 16.7. The van der Waals surface area contributed by atoms with E-state index in [1.165, 1.54) is 0 Å². The number of ether oxygens (including phenoxy) is 3. The van der Waals surface area contributed by atoms with Gasteiger partial charge in [-0.1, -0.05) is 0 Å². The van der Waals surface area contributed by atoms with Crippen molar-refractivity contribution in [1.82, 2.24) is 44.9 Å². The molecule has 0 atom stereocenters. The van der Waals surface area contributed by atoms with E-state index >= 15 is 0 Å². The Morgan fingerprint density at radius 3 is 0.603 bits per heavy atom. The SMILES string of the molecule is CC(C)(C)Oc1cc2c#cc3cncc(c#cc4cc(OC(C)(C)C)cc(c#cc5cncc(c#cc6cc(OC(C)(C)C)cc(c#cc7cncc(c#cc(c1)n2)n7)n6)n5)n4)n3. The van der Waals surface area contributed by atoms with Crippen molar-refractivity contribution in [2.75, 3.05) is 0 Å². The zero-order valence-corrected chi connectivity index (χ0v) is 36.2. The molecule has 12 heteroatoms. The van der Waals surface area contributed by atoms with E-state index in [0.717, 1.165) is 0 Å². The van der Waals surface area contributed by atoms with Gasteiger partial charge in [-0.15, -0.1) is 0 Å². The van der Waals surface area contributed by atoms with Crippen molar-refractivity contribution in [3.63, 3.8) is 0 Å². The quantitative estimate of drug-likeness (QED) is 0.167. The standard InChI is InChI=1S/C51H39N9O3/c1-49(2,3)61-46-22-34-10-16-40-28-52-30-42(58-40)18-12-36-24-47(62-50(4,5)6)26-38(56-36)14-20-44-32-54-33-45(60-44)21-15-39-27-48(63-51(7,8)9)25-37(57-39)13-19-43-31-53-29-41(59-43)17-11-35(23-46)55-34/h22-33H,1-9H3. The number of fused-ring (bicyclic) bond motifs is 12. The second kappa shape index (κ2) is 18.0. The smallest absolute Gasteiger partial charge is 0.133 e. The van der Waals surface area contributed by atoms with Crippen LogP contribution in [0.25, 0.3) is 66.2 Å². The van der Waals surface area contributed by atoms with Crippen molar-refractivity contribution < 1.29 is 14.2 Å². The number of hydrogen-bond acceptors (Lipinski definition) is 12. The van der Waals surface area contributed by atoms with Crippen LogP contribution in [0.3, 0.4) is 0 Å². The van der Waals surface area contributed by atoms with Gasteiger partial charge in [0, 0.05) is 36.4 Å². The van der Waals surface area contributed by atoms with Gasteiger partial charge in [-0.2, -0.15) is 0 Å². The minimum absolute atomic E-state index is 0.378. The molecule has 0 aliphatic carbocycles. The highest BCUT2D eigenvalue weighted by atomic mass is 16.5. The van der Waals surface area contributed by atoms with Crippen LogP contribution in [-0.4, -0.2) is 61.7 Å². The Balaban J connectivity index is 1.47. The molecule has 0 aromatic carbocycles. The van der Waals surface area contributed by atoms with Gasteiger partial charge in [0.25, 0.3) is 0 Å². The van der Waals surface area contributed by atoms with E-state index in [0.29, 0.717) is 83.4 Å². The first-order valence-corrected chi connectivity index (χ1v) is 19.7. The maximum Gasteiger partial charge on any atom is 0.133 e. The van der Waals surface area contributed by atoms with E-state index in [1.54, 1.807) is 73.6 Å². The summed E-state index contributed by atoms with van der Waals surface area (Å²) >= 11 is 0. The molecule has 0 aliphatic rings. The predicted octanol–water partition coefficient (Wildman–Crippen LogP) is 9.35. The average molecular weight is 826 g/mol. The number of pyridine rings is 3. The first-order valence-electron chi connectivity index (χ1n) is 19.7. The highest BCUT2D eigenvalue weighted by Crippen LogP contribution is 2.22. The van der Waals surface area contributed by atoms with Gasteiger partial charge in [0.15, 0.2) is 0 Å². The maximum absolute atomic E-state index is 6.19. The van der Waals surface area contributed by atoms with E-state index in [1.807, 2.05) is 62.3 Å². The van der Waals surface area contributed by atoms with Gasteiger partial charge in [-0.3, -0.25) is 15.0 Å². The molecule has 0 aliphatic heterocycles. The lowest BCUT2D eigenvalue weighted by Crippen LogP contribution is -2.22. The Morgan fingerprint density at radius 1 is 0.270 bits per heavy atom. The summed E-state index contributed by atoms with van der Waals surface area (Å²) in [6.45, 7) is 17.6. The van der Waals surface area contributed by atoms with Crippen LogP contribution in [0.2, 0.25) is 0 Å². The Morgan fingerprint density at radius 2 is 0.429 bits per heavy atom. The minimum atomic E-state index is -0.495. The second-order valence-corrected chi connectivity index (χ2v) is 16.7. The molecule has 0 saturated heterocycles. The third kappa shape index (κ3) is 13.5. The molecular formula is C51H39N9O3. The summed E-state index contributed by atoms with van der Waals surface area (Å²) in [7, 11) is 0. The monoisotopic (exact) mass is 825 g/mol. The molecule has 0 amide bonds. The third-order valence-electron chi connectivity index (χ3n) is 7.48. The number of aromatic nitrogens is 9. The molecule has 12 bridgehead atoms. The largest absolute Gasteiger partial charge is 0.488 e. The fourth-order valence-corrected chi connectivity index (χ4v) is 5.37. The van der Waals surface area contributed by atoms with E-state index < -0.39 is 16.8 Å². The maximum atomic E-state index is 6.19. The molecule has 0 radical (unpaired) electrons. The molecule has 7 rings (SSSR count). The van der Waals surface area contributed by atoms with Gasteiger partial charge in [-0.05, 0) is 135 Å². The minimum Gasteiger partial charge on any atom is -0.488 e. The van der Waals surface area contributed by atoms with E-state index in [2.05, 4.69) is 118 Å². The van der Waals surface area contributed by atoms with Crippen LogP contribution in [0.15, 0.2) is 73.6 Å². The van der Waals surface area contributed by atoms with Crippen LogP contribution >= 0.6 is 0 Å². The predicted molar refractivity (Wildman–Crippen MR) is 238 cm³/mol. The van der Waals surface area contributed by atoms with Crippen LogP contribution in [-0.2, 0) is 0 Å². The Labute approximate surface area is 366 Å². The van der Waals surface area contributed by atoms with Crippen molar-refractivity contribution >= 4 is 66.2 Å². The molecule has 7 heterocycles. The first-order chi connectivity index (χ1) is 29.9. The number of hydrogen-bond donors (Lipinski definition) is 0. The summed E-state index contributed by atoms with van der Waals surface area (Å²) in [6.07, 6.45) is 9.28. The molecule has 7 aromatic rings. The normalized spacial score (nSPS) is 10.8. The third-order valence-corrected chi connectivity index (χ3v) is 7.48. The average Bonchev–Trinajstić information content (AvgIpc) is 3.20. The van der Waals surface area contributed by atoms with E-state index in [4.69, 9.17) is 14.2 Å². The molecule has 0 spiro atoms. The first kappa shape index (κ1) is 42.6. The van der Waals surface area contributed by atoms with Gasteiger partial charge in [-0.25, -0.2) is 29.9 Å². The van der Waals surface area contributed by atoms with Gasteiger partial charge in [0.05, 0.1) is 37.2 Å². The Kier molecular flexibility index (Phi) is 12.1. The van der Waals surface area contributed by atoms with Crippen LogP contribution in [0.1, 0.15) is 62.3 Å². The zero-order valence-electron chi connectivity index (χ0n) is 36.2. The van der Waals surface area contributed by atoms with Crippen molar-refractivity contribution in [3.05, 3.63) is 146 Å². The lowest BCUT2D eigenvalue weighted by molar-refractivity contribution is 0.130. The number of nitrogens with zero attached hydrogens (tertiary/aromatic N) is 9. The van der Waals surface area contributed by atoms with Gasteiger partial charge in [0.1, 0.15) is 100 Å². The van der Waals surface area contributed by atoms with Crippen LogP contribution < -0.4 is 14.2 Å². The molecule has 0 saturated carbocycles. The fraction of sp³-hybridized carbons (Fsp3) is 0.235. The highest BCUT2D eigenvalue weighted by Gasteiger charge is 2.14. The lowest BCUT2D eigenvalue weighted by Gasteiger charge is -2.20. The van der Waals surface area contributed by atoms with Crippen molar-refractivity contribution in [3.8, 4) is 17.2 Å². The van der Waals surface area contributed by atoms with E-state index in [-0.39, 0.29) is 0 Å². The molecule has 12 nitrogen and oxygen atoms in total. The van der Waals surface area contributed by atoms with Gasteiger partial charge in [0.2, 0.25) is 0 Å². The lowest BCUT2D eigenvalue weighted by atomic mass is 10.2. The molecule has 306 valence electrons. The molecule has 0 fully saturated rings. The van der Waals surface area contributed by atoms with Crippen LogP contribution in [0, 0.1) is 72.8 Å². The summed E-state index contributed by atoms with van der Waals surface area (Å²) in [6, 6.07) is 47.2. The fourth-order valence-electron chi connectivity index (χ4n) is 5.37. The summed E-state index contributed by atoms with van der Waals surface area (Å²) in [5.41, 5.74) is 3.23.